The first kappa shape index (κ1) is 10.8. The lowest BCUT2D eigenvalue weighted by atomic mass is 10.1. The van der Waals surface area contributed by atoms with Crippen molar-refractivity contribution in [2.75, 3.05) is 0 Å². The fourth-order valence-electron chi connectivity index (χ4n) is 1.01. The van der Waals surface area contributed by atoms with E-state index in [0.717, 1.165) is 6.20 Å². The van der Waals surface area contributed by atoms with E-state index < -0.39 is 27.8 Å². The van der Waals surface area contributed by atoms with Crippen molar-refractivity contribution in [2.45, 2.75) is 13.3 Å². The first-order valence-corrected chi connectivity index (χ1v) is 3.90. The molecule has 0 aliphatic rings. The smallest absolute Gasteiger partial charge is 0.258 e. The minimum absolute atomic E-state index is 0.148. The van der Waals surface area contributed by atoms with Crippen LogP contribution in [0.5, 0.6) is 0 Å². The van der Waals surface area contributed by atoms with Gasteiger partial charge in [0.2, 0.25) is 0 Å². The SMILES string of the molecule is Cc1c([N+](=O)[O-])cnc(Cl)c1C(F)F. The number of rotatable bonds is 2. The highest BCUT2D eigenvalue weighted by atomic mass is 35.5. The molecule has 1 aromatic heterocycles. The standard InChI is InChI=1S/C7H5ClF2N2O2/c1-3-4(12(13)14)2-11-6(8)5(3)7(9)10/h2,7H,1H3. The lowest BCUT2D eigenvalue weighted by Crippen LogP contribution is -2.00. The van der Waals surface area contributed by atoms with Crippen LogP contribution in [-0.4, -0.2) is 9.91 Å². The molecule has 0 aliphatic heterocycles. The Balaban J connectivity index is 3.41. The molecule has 0 bridgehead atoms. The van der Waals surface area contributed by atoms with Crippen molar-refractivity contribution in [2.24, 2.45) is 0 Å². The molecule has 0 saturated heterocycles. The van der Waals surface area contributed by atoms with Crippen LogP contribution < -0.4 is 0 Å². The maximum atomic E-state index is 12.4. The molecule has 0 unspecified atom stereocenters. The number of nitrogens with zero attached hydrogens (tertiary/aromatic N) is 2. The summed E-state index contributed by atoms with van der Waals surface area (Å²) in [5, 5.41) is 9.99. The summed E-state index contributed by atoms with van der Waals surface area (Å²) in [7, 11) is 0. The molecule has 76 valence electrons. The van der Waals surface area contributed by atoms with Gasteiger partial charge in [-0.2, -0.15) is 0 Å². The summed E-state index contributed by atoms with van der Waals surface area (Å²) in [5.41, 5.74) is -1.18. The highest BCUT2D eigenvalue weighted by Gasteiger charge is 2.23. The second-order valence-electron chi connectivity index (χ2n) is 2.53. The van der Waals surface area contributed by atoms with Crippen molar-refractivity contribution >= 4 is 17.3 Å². The van der Waals surface area contributed by atoms with Gasteiger partial charge in [0.1, 0.15) is 11.3 Å². The maximum absolute atomic E-state index is 12.4. The largest absolute Gasteiger partial charge is 0.291 e. The summed E-state index contributed by atoms with van der Waals surface area (Å²) in [6.07, 6.45) is -2.00. The second kappa shape index (κ2) is 3.83. The van der Waals surface area contributed by atoms with Gasteiger partial charge < -0.3 is 0 Å². The molecule has 0 aromatic carbocycles. The molecule has 0 saturated carbocycles. The van der Waals surface area contributed by atoms with Gasteiger partial charge in [0.05, 0.1) is 10.5 Å². The predicted octanol–water partition coefficient (Wildman–Crippen LogP) is 2.89. The van der Waals surface area contributed by atoms with Crippen LogP contribution in [0.1, 0.15) is 17.6 Å². The fraction of sp³-hybridized carbons (Fsp3) is 0.286. The molecule has 0 spiro atoms. The third-order valence-corrected chi connectivity index (χ3v) is 2.03. The van der Waals surface area contributed by atoms with Gasteiger partial charge in [0.15, 0.2) is 0 Å². The number of hydrogen-bond donors (Lipinski definition) is 0. The van der Waals surface area contributed by atoms with Crippen LogP contribution >= 0.6 is 11.6 Å². The van der Waals surface area contributed by atoms with Gasteiger partial charge in [0, 0.05) is 5.56 Å². The van der Waals surface area contributed by atoms with Gasteiger partial charge in [-0.25, -0.2) is 13.8 Å². The third kappa shape index (κ3) is 1.79. The van der Waals surface area contributed by atoms with Gasteiger partial charge in [-0.3, -0.25) is 10.1 Å². The summed E-state index contributed by atoms with van der Waals surface area (Å²) in [5.74, 6) is 0. The lowest BCUT2D eigenvalue weighted by Gasteiger charge is -2.05. The quantitative estimate of drug-likeness (QED) is 0.439. The Morgan fingerprint density at radius 2 is 2.21 bits per heavy atom. The Hall–Kier alpha value is -1.30. The number of hydrogen-bond acceptors (Lipinski definition) is 3. The molecule has 0 amide bonds. The minimum atomic E-state index is -2.87. The van der Waals surface area contributed by atoms with Crippen LogP contribution in [0.3, 0.4) is 0 Å². The topological polar surface area (TPSA) is 56.0 Å². The summed E-state index contributed by atoms with van der Waals surface area (Å²) in [4.78, 5) is 12.9. The van der Waals surface area contributed by atoms with E-state index >= 15 is 0 Å². The molecule has 0 radical (unpaired) electrons. The molecule has 14 heavy (non-hydrogen) atoms. The second-order valence-corrected chi connectivity index (χ2v) is 2.89. The van der Waals surface area contributed by atoms with Crippen molar-refractivity contribution < 1.29 is 13.7 Å². The number of aromatic nitrogens is 1. The average molecular weight is 223 g/mol. The van der Waals surface area contributed by atoms with Crippen molar-refractivity contribution in [1.82, 2.24) is 4.98 Å². The van der Waals surface area contributed by atoms with Gasteiger partial charge in [-0.05, 0) is 6.92 Å². The Morgan fingerprint density at radius 3 is 2.64 bits per heavy atom. The van der Waals surface area contributed by atoms with Crippen molar-refractivity contribution in [1.29, 1.82) is 0 Å². The molecular formula is C7H5ClF2N2O2. The van der Waals surface area contributed by atoms with Crippen LogP contribution in [0.4, 0.5) is 14.5 Å². The van der Waals surface area contributed by atoms with Crippen LogP contribution in [0.2, 0.25) is 5.15 Å². The van der Waals surface area contributed by atoms with E-state index in [1.54, 1.807) is 0 Å². The summed E-state index contributed by atoms with van der Waals surface area (Å²) >= 11 is 5.39. The summed E-state index contributed by atoms with van der Waals surface area (Å²) in [6.45, 7) is 1.22. The third-order valence-electron chi connectivity index (χ3n) is 1.73. The Labute approximate surface area is 82.7 Å². The van der Waals surface area contributed by atoms with E-state index in [9.17, 15) is 18.9 Å². The van der Waals surface area contributed by atoms with E-state index in [0.29, 0.717) is 0 Å². The summed E-state index contributed by atoms with van der Waals surface area (Å²) < 4.78 is 24.8. The number of pyridine rings is 1. The van der Waals surface area contributed by atoms with Gasteiger partial charge in [-0.1, -0.05) is 11.6 Å². The number of alkyl halides is 2. The molecule has 0 atom stereocenters. The molecule has 7 heteroatoms. The molecule has 1 rings (SSSR count). The van der Waals surface area contributed by atoms with Gasteiger partial charge in [0.25, 0.3) is 12.1 Å². The molecule has 0 aliphatic carbocycles. The zero-order valence-electron chi connectivity index (χ0n) is 7.00. The highest BCUT2D eigenvalue weighted by molar-refractivity contribution is 6.30. The average Bonchev–Trinajstić information content (AvgIpc) is 2.02. The molecule has 0 fully saturated rings. The minimum Gasteiger partial charge on any atom is -0.258 e. The van der Waals surface area contributed by atoms with Crippen LogP contribution in [0.15, 0.2) is 6.20 Å². The van der Waals surface area contributed by atoms with E-state index in [-0.39, 0.29) is 5.56 Å². The summed E-state index contributed by atoms with van der Waals surface area (Å²) in [6, 6.07) is 0. The van der Waals surface area contributed by atoms with Gasteiger partial charge >= 0.3 is 0 Å². The first-order chi connectivity index (χ1) is 6.45. The van der Waals surface area contributed by atoms with E-state index in [1.807, 2.05) is 0 Å². The van der Waals surface area contributed by atoms with E-state index in [1.165, 1.54) is 6.92 Å². The zero-order chi connectivity index (χ0) is 10.9. The Kier molecular flexibility index (Phi) is 2.95. The Morgan fingerprint density at radius 1 is 1.64 bits per heavy atom. The van der Waals surface area contributed by atoms with Crippen molar-refractivity contribution in [3.8, 4) is 0 Å². The molecule has 1 aromatic rings. The van der Waals surface area contributed by atoms with Crippen LogP contribution in [-0.2, 0) is 0 Å². The predicted molar refractivity (Wildman–Crippen MR) is 45.6 cm³/mol. The van der Waals surface area contributed by atoms with E-state index in [2.05, 4.69) is 4.98 Å². The van der Waals surface area contributed by atoms with Crippen LogP contribution in [0, 0.1) is 17.0 Å². The van der Waals surface area contributed by atoms with Crippen molar-refractivity contribution in [3.63, 3.8) is 0 Å². The lowest BCUT2D eigenvalue weighted by molar-refractivity contribution is -0.385. The fourth-order valence-corrected chi connectivity index (χ4v) is 1.29. The number of halogens is 3. The first-order valence-electron chi connectivity index (χ1n) is 3.52. The molecule has 1 heterocycles. The van der Waals surface area contributed by atoms with Gasteiger partial charge in [-0.15, -0.1) is 0 Å². The monoisotopic (exact) mass is 222 g/mol. The maximum Gasteiger partial charge on any atom is 0.291 e. The van der Waals surface area contributed by atoms with Crippen molar-refractivity contribution in [3.05, 3.63) is 32.6 Å². The Bertz CT molecular complexity index is 384. The van der Waals surface area contributed by atoms with Crippen LogP contribution in [0.25, 0.3) is 0 Å². The zero-order valence-corrected chi connectivity index (χ0v) is 7.76. The molecule has 4 nitrogen and oxygen atoms in total. The highest BCUT2D eigenvalue weighted by Crippen LogP contribution is 2.32. The number of nitro groups is 1. The van der Waals surface area contributed by atoms with E-state index in [4.69, 9.17) is 11.6 Å². The molecular weight excluding hydrogens is 218 g/mol. The molecule has 0 N–H and O–H groups in total. The normalized spacial score (nSPS) is 10.6.